The Hall–Kier alpha value is -1.13. The molecule has 3 nitrogen and oxygen atoms in total. The maximum atomic E-state index is 13.4. The molecule has 2 atom stereocenters. The summed E-state index contributed by atoms with van der Waals surface area (Å²) < 4.78 is 18.6. The molecule has 1 aliphatic heterocycles. The third-order valence-electron chi connectivity index (χ3n) is 2.51. The van der Waals surface area contributed by atoms with Gasteiger partial charge in [0.2, 0.25) is 0 Å². The van der Waals surface area contributed by atoms with Crippen LogP contribution in [0.5, 0.6) is 5.75 Å². The second kappa shape index (κ2) is 2.93. The van der Waals surface area contributed by atoms with Gasteiger partial charge in [0.05, 0.1) is 6.04 Å². The van der Waals surface area contributed by atoms with Crippen LogP contribution < -0.4 is 10.5 Å². The van der Waals surface area contributed by atoms with Crippen LogP contribution in [0.4, 0.5) is 4.39 Å². The van der Waals surface area contributed by atoms with E-state index in [9.17, 15) is 9.50 Å². The lowest BCUT2D eigenvalue weighted by molar-refractivity contribution is -0.0262. The largest absolute Gasteiger partial charge is 0.490 e. The van der Waals surface area contributed by atoms with Crippen molar-refractivity contribution in [1.29, 1.82) is 0 Å². The van der Waals surface area contributed by atoms with Crippen molar-refractivity contribution < 1.29 is 14.2 Å². The summed E-state index contributed by atoms with van der Waals surface area (Å²) in [6.07, 6.45) is 0. The van der Waals surface area contributed by atoms with E-state index in [1.165, 1.54) is 13.0 Å². The lowest BCUT2D eigenvalue weighted by Crippen LogP contribution is -2.47. The molecule has 1 aromatic carbocycles. The molecular weight excluding hydrogens is 185 g/mol. The van der Waals surface area contributed by atoms with Gasteiger partial charge in [0.15, 0.2) is 0 Å². The summed E-state index contributed by atoms with van der Waals surface area (Å²) in [5.41, 5.74) is 4.80. The van der Waals surface area contributed by atoms with Gasteiger partial charge in [0, 0.05) is 5.56 Å². The first-order chi connectivity index (χ1) is 6.52. The molecule has 0 amide bonds. The normalized spacial score (nSPS) is 30.7. The van der Waals surface area contributed by atoms with Crippen LogP contribution in [0.2, 0.25) is 0 Å². The highest BCUT2D eigenvalue weighted by Crippen LogP contribution is 2.37. The summed E-state index contributed by atoms with van der Waals surface area (Å²) in [7, 11) is 0. The number of aliphatic hydroxyl groups is 1. The molecule has 0 saturated carbocycles. The minimum atomic E-state index is -1.21. The van der Waals surface area contributed by atoms with E-state index in [0.717, 1.165) is 0 Å². The van der Waals surface area contributed by atoms with Crippen molar-refractivity contribution in [2.24, 2.45) is 5.73 Å². The minimum Gasteiger partial charge on any atom is -0.490 e. The molecule has 0 aromatic heterocycles. The van der Waals surface area contributed by atoms with Gasteiger partial charge >= 0.3 is 0 Å². The minimum absolute atomic E-state index is 0.0879. The number of benzene rings is 1. The number of nitrogens with two attached hydrogens (primary N) is 1. The van der Waals surface area contributed by atoms with Crippen LogP contribution in [0.25, 0.3) is 0 Å². The van der Waals surface area contributed by atoms with Crippen molar-refractivity contribution in [3.63, 3.8) is 0 Å². The first-order valence-corrected chi connectivity index (χ1v) is 4.41. The van der Waals surface area contributed by atoms with Gasteiger partial charge in [-0.15, -0.1) is 0 Å². The molecule has 0 saturated heterocycles. The Balaban J connectivity index is 2.54. The van der Waals surface area contributed by atoms with Crippen LogP contribution in [0.15, 0.2) is 18.2 Å². The zero-order chi connectivity index (χ0) is 10.3. The van der Waals surface area contributed by atoms with E-state index >= 15 is 0 Å². The number of hydrogen-bond acceptors (Lipinski definition) is 3. The number of rotatable bonds is 0. The summed E-state index contributed by atoms with van der Waals surface area (Å²) in [5.74, 6) is -0.0148. The van der Waals surface area contributed by atoms with Crippen LogP contribution in [0, 0.1) is 5.82 Å². The summed E-state index contributed by atoms with van der Waals surface area (Å²) in [6.45, 7) is 1.62. The second-order valence-corrected chi connectivity index (χ2v) is 3.78. The van der Waals surface area contributed by atoms with Gasteiger partial charge in [-0.2, -0.15) is 0 Å². The lowest BCUT2D eigenvalue weighted by Gasteiger charge is -2.36. The van der Waals surface area contributed by atoms with Gasteiger partial charge in [-0.3, -0.25) is 0 Å². The quantitative estimate of drug-likeness (QED) is 0.651. The second-order valence-electron chi connectivity index (χ2n) is 3.78. The van der Waals surface area contributed by atoms with E-state index in [1.54, 1.807) is 12.1 Å². The van der Waals surface area contributed by atoms with E-state index in [0.29, 0.717) is 5.75 Å². The smallest absolute Gasteiger partial charge is 0.131 e. The maximum Gasteiger partial charge on any atom is 0.131 e. The van der Waals surface area contributed by atoms with Crippen LogP contribution in [-0.2, 0) is 0 Å². The molecule has 0 radical (unpaired) electrons. The number of ether oxygens (including phenoxy) is 1. The Labute approximate surface area is 81.3 Å². The van der Waals surface area contributed by atoms with Crippen molar-refractivity contribution >= 4 is 0 Å². The molecule has 0 spiro atoms. The molecule has 1 aliphatic rings. The Bertz CT molecular complexity index is 365. The van der Waals surface area contributed by atoms with Gasteiger partial charge in [-0.05, 0) is 19.1 Å². The number of fused-ring (bicyclic) bond motifs is 1. The van der Waals surface area contributed by atoms with Gasteiger partial charge in [-0.1, -0.05) is 6.07 Å². The van der Waals surface area contributed by atoms with E-state index in [-0.39, 0.29) is 12.2 Å². The molecule has 2 rings (SSSR count). The Morgan fingerprint density at radius 3 is 3.07 bits per heavy atom. The molecule has 2 unspecified atom stereocenters. The average Bonchev–Trinajstić information content (AvgIpc) is 2.12. The molecular formula is C10H12FNO2. The number of hydrogen-bond donors (Lipinski definition) is 2. The lowest BCUT2D eigenvalue weighted by atomic mass is 9.88. The average molecular weight is 197 g/mol. The topological polar surface area (TPSA) is 55.5 Å². The highest BCUT2D eigenvalue weighted by atomic mass is 19.1. The van der Waals surface area contributed by atoms with E-state index in [2.05, 4.69) is 0 Å². The summed E-state index contributed by atoms with van der Waals surface area (Å²) in [5, 5.41) is 9.80. The SMILES string of the molecule is CC1(O)COc2cccc(F)c2C1N. The molecule has 1 aromatic rings. The highest BCUT2D eigenvalue weighted by Gasteiger charge is 2.38. The molecule has 76 valence electrons. The number of halogens is 1. The Kier molecular flexibility index (Phi) is 1.97. The van der Waals surface area contributed by atoms with Crippen molar-refractivity contribution in [2.75, 3.05) is 6.61 Å². The third-order valence-corrected chi connectivity index (χ3v) is 2.51. The van der Waals surface area contributed by atoms with Gasteiger partial charge < -0.3 is 15.6 Å². The van der Waals surface area contributed by atoms with Crippen molar-refractivity contribution in [1.82, 2.24) is 0 Å². The zero-order valence-corrected chi connectivity index (χ0v) is 7.83. The molecule has 0 bridgehead atoms. The fourth-order valence-corrected chi connectivity index (χ4v) is 1.57. The molecule has 0 fully saturated rings. The monoisotopic (exact) mass is 197 g/mol. The van der Waals surface area contributed by atoms with Gasteiger partial charge in [-0.25, -0.2) is 4.39 Å². The van der Waals surface area contributed by atoms with Crippen molar-refractivity contribution in [3.05, 3.63) is 29.6 Å². The predicted molar refractivity (Wildman–Crippen MR) is 49.4 cm³/mol. The van der Waals surface area contributed by atoms with Crippen LogP contribution >= 0.6 is 0 Å². The first kappa shape index (κ1) is 9.43. The van der Waals surface area contributed by atoms with Crippen LogP contribution in [-0.4, -0.2) is 17.3 Å². The molecule has 1 heterocycles. The van der Waals surface area contributed by atoms with Crippen molar-refractivity contribution in [2.45, 2.75) is 18.6 Å². The van der Waals surface area contributed by atoms with Crippen LogP contribution in [0.1, 0.15) is 18.5 Å². The fourth-order valence-electron chi connectivity index (χ4n) is 1.57. The molecule has 0 aliphatic carbocycles. The Morgan fingerprint density at radius 1 is 1.64 bits per heavy atom. The summed E-state index contributed by atoms with van der Waals surface area (Å²) >= 11 is 0. The standard InChI is InChI=1S/C10H12FNO2/c1-10(13)5-14-7-4-2-3-6(11)8(7)9(10)12/h2-4,9,13H,5,12H2,1H3. The molecule has 3 N–H and O–H groups in total. The third kappa shape index (κ3) is 1.27. The summed E-state index contributed by atoms with van der Waals surface area (Å²) in [4.78, 5) is 0. The van der Waals surface area contributed by atoms with Gasteiger partial charge in [0.1, 0.15) is 23.8 Å². The first-order valence-electron chi connectivity index (χ1n) is 4.41. The Morgan fingerprint density at radius 2 is 2.36 bits per heavy atom. The highest BCUT2D eigenvalue weighted by molar-refractivity contribution is 5.40. The molecule has 14 heavy (non-hydrogen) atoms. The van der Waals surface area contributed by atoms with E-state index in [4.69, 9.17) is 10.5 Å². The van der Waals surface area contributed by atoms with Gasteiger partial charge in [0.25, 0.3) is 0 Å². The zero-order valence-electron chi connectivity index (χ0n) is 7.83. The van der Waals surface area contributed by atoms with Crippen LogP contribution in [0.3, 0.4) is 0 Å². The maximum absolute atomic E-state index is 13.4. The van der Waals surface area contributed by atoms with E-state index in [1.807, 2.05) is 0 Å². The predicted octanol–water partition coefficient (Wildman–Crippen LogP) is 0.969. The summed E-state index contributed by atoms with van der Waals surface area (Å²) in [6, 6.07) is 3.77. The molecule has 4 heteroatoms. The van der Waals surface area contributed by atoms with E-state index < -0.39 is 17.5 Å². The fraction of sp³-hybridized carbons (Fsp3) is 0.400. The van der Waals surface area contributed by atoms with Crippen molar-refractivity contribution in [3.8, 4) is 5.75 Å².